The number of methoxy groups -OCH3 is 2. The van der Waals surface area contributed by atoms with Gasteiger partial charge < -0.3 is 18.9 Å². The summed E-state index contributed by atoms with van der Waals surface area (Å²) in [5, 5.41) is 0.727. The molecule has 0 spiro atoms. The van der Waals surface area contributed by atoms with Gasteiger partial charge in [0, 0.05) is 6.07 Å². The molecule has 0 aliphatic rings. The van der Waals surface area contributed by atoms with Gasteiger partial charge in [-0.25, -0.2) is 9.97 Å². The van der Waals surface area contributed by atoms with E-state index in [9.17, 15) is 0 Å². The molecule has 0 N–H and O–H groups in total. The minimum atomic E-state index is 0.433. The fourth-order valence-corrected chi connectivity index (χ4v) is 2.75. The number of nitrogens with zero attached hydrogens (tertiary/aromatic N) is 2. The number of benzene rings is 3. The molecule has 1 heterocycles. The highest BCUT2D eigenvalue weighted by atomic mass is 16.5. The maximum Gasteiger partial charge on any atom is 0.230 e. The second kappa shape index (κ2) is 7.84. The summed E-state index contributed by atoms with van der Waals surface area (Å²) >= 11 is 0. The Labute approximate surface area is 162 Å². The molecule has 0 atom stereocenters. The smallest absolute Gasteiger partial charge is 0.230 e. The van der Waals surface area contributed by atoms with Gasteiger partial charge >= 0.3 is 0 Å². The van der Waals surface area contributed by atoms with Crippen molar-refractivity contribution in [1.29, 1.82) is 0 Å². The molecule has 0 unspecified atom stereocenters. The van der Waals surface area contributed by atoms with Crippen molar-refractivity contribution in [1.82, 2.24) is 9.97 Å². The molecular formula is C22H18N2O4. The Bertz CT molecular complexity index is 1080. The molecule has 6 nitrogen and oxygen atoms in total. The van der Waals surface area contributed by atoms with Crippen LogP contribution in [0.25, 0.3) is 10.9 Å². The molecule has 0 saturated carbocycles. The van der Waals surface area contributed by atoms with Gasteiger partial charge in [0.1, 0.15) is 23.6 Å². The maximum atomic E-state index is 5.97. The van der Waals surface area contributed by atoms with Crippen molar-refractivity contribution in [3.8, 4) is 34.6 Å². The third-order valence-corrected chi connectivity index (χ3v) is 4.12. The van der Waals surface area contributed by atoms with Gasteiger partial charge in [-0.2, -0.15) is 0 Å². The van der Waals surface area contributed by atoms with Crippen LogP contribution in [-0.2, 0) is 0 Å². The average Bonchev–Trinajstić information content (AvgIpc) is 2.75. The fraction of sp³-hybridized carbons (Fsp3) is 0.0909. The summed E-state index contributed by atoms with van der Waals surface area (Å²) in [5.74, 6) is 3.75. The highest BCUT2D eigenvalue weighted by Crippen LogP contribution is 2.36. The van der Waals surface area contributed by atoms with Crippen molar-refractivity contribution in [2.75, 3.05) is 14.2 Å². The van der Waals surface area contributed by atoms with Gasteiger partial charge in [0.2, 0.25) is 5.88 Å². The van der Waals surface area contributed by atoms with Crippen molar-refractivity contribution in [2.45, 2.75) is 0 Å². The molecule has 0 aliphatic heterocycles. The van der Waals surface area contributed by atoms with Crippen LogP contribution in [0.4, 0.5) is 0 Å². The number of aromatic nitrogens is 2. The first-order valence-electron chi connectivity index (χ1n) is 8.64. The summed E-state index contributed by atoms with van der Waals surface area (Å²) in [7, 11) is 3.17. The van der Waals surface area contributed by atoms with Crippen LogP contribution in [0.2, 0.25) is 0 Å². The van der Waals surface area contributed by atoms with Gasteiger partial charge in [-0.15, -0.1) is 0 Å². The molecule has 4 rings (SSSR count). The SMILES string of the molecule is COc1cc2ncnc(Oc3ccc(Oc4ccccc4)cc3)c2cc1OC. The Morgan fingerprint density at radius 1 is 0.643 bits per heavy atom. The highest BCUT2D eigenvalue weighted by Gasteiger charge is 2.12. The molecular weight excluding hydrogens is 356 g/mol. The van der Waals surface area contributed by atoms with Crippen molar-refractivity contribution < 1.29 is 18.9 Å². The number of hydrogen-bond acceptors (Lipinski definition) is 6. The van der Waals surface area contributed by atoms with Crippen LogP contribution in [0.15, 0.2) is 73.1 Å². The lowest BCUT2D eigenvalue weighted by atomic mass is 10.2. The molecule has 3 aromatic carbocycles. The van der Waals surface area contributed by atoms with E-state index in [1.54, 1.807) is 26.4 Å². The number of rotatable bonds is 6. The number of para-hydroxylation sites is 1. The second-order valence-electron chi connectivity index (χ2n) is 5.89. The van der Waals surface area contributed by atoms with Crippen LogP contribution >= 0.6 is 0 Å². The predicted molar refractivity (Wildman–Crippen MR) is 106 cm³/mol. The lowest BCUT2D eigenvalue weighted by molar-refractivity contribution is 0.355. The van der Waals surface area contributed by atoms with Gasteiger partial charge in [0.25, 0.3) is 0 Å². The molecule has 1 aromatic heterocycles. The van der Waals surface area contributed by atoms with E-state index >= 15 is 0 Å². The van der Waals surface area contributed by atoms with Gasteiger partial charge in [-0.1, -0.05) is 18.2 Å². The molecule has 140 valence electrons. The van der Waals surface area contributed by atoms with Crippen molar-refractivity contribution in [3.63, 3.8) is 0 Å². The van der Waals surface area contributed by atoms with Crippen LogP contribution in [0, 0.1) is 0 Å². The molecule has 4 aromatic rings. The zero-order valence-corrected chi connectivity index (χ0v) is 15.5. The standard InChI is InChI=1S/C22H18N2O4/c1-25-20-12-18-19(13-21(20)26-2)23-14-24-22(18)28-17-10-8-16(9-11-17)27-15-6-4-3-5-7-15/h3-14H,1-2H3. The number of fused-ring (bicyclic) bond motifs is 1. The van der Waals surface area contributed by atoms with Crippen LogP contribution in [0.1, 0.15) is 0 Å². The first-order valence-corrected chi connectivity index (χ1v) is 8.64. The molecule has 0 radical (unpaired) electrons. The van der Waals surface area contributed by atoms with Crippen LogP contribution in [0.3, 0.4) is 0 Å². The maximum absolute atomic E-state index is 5.97. The van der Waals surface area contributed by atoms with Crippen molar-refractivity contribution >= 4 is 10.9 Å². The van der Waals surface area contributed by atoms with Crippen LogP contribution < -0.4 is 18.9 Å². The quantitative estimate of drug-likeness (QED) is 0.460. The van der Waals surface area contributed by atoms with E-state index in [0.717, 1.165) is 16.9 Å². The summed E-state index contributed by atoms with van der Waals surface area (Å²) in [6.45, 7) is 0. The van der Waals surface area contributed by atoms with Crippen molar-refractivity contribution in [3.05, 3.63) is 73.1 Å². The summed E-state index contributed by atoms with van der Waals surface area (Å²) in [6.07, 6.45) is 1.45. The Kier molecular flexibility index (Phi) is 4.93. The normalized spacial score (nSPS) is 10.5. The Morgan fingerprint density at radius 3 is 1.93 bits per heavy atom. The molecule has 0 saturated heterocycles. The number of ether oxygens (including phenoxy) is 4. The van der Waals surface area contributed by atoms with Gasteiger partial charge in [-0.3, -0.25) is 0 Å². The van der Waals surface area contributed by atoms with E-state index in [0.29, 0.717) is 28.6 Å². The molecule has 0 amide bonds. The Morgan fingerprint density at radius 2 is 1.25 bits per heavy atom. The second-order valence-corrected chi connectivity index (χ2v) is 5.89. The van der Waals surface area contributed by atoms with E-state index < -0.39 is 0 Å². The van der Waals surface area contributed by atoms with Crippen LogP contribution in [-0.4, -0.2) is 24.2 Å². The number of hydrogen-bond donors (Lipinski definition) is 0. The third kappa shape index (κ3) is 3.66. The molecule has 28 heavy (non-hydrogen) atoms. The van der Waals surface area contributed by atoms with Gasteiger partial charge in [0.05, 0.1) is 25.1 Å². The highest BCUT2D eigenvalue weighted by molar-refractivity contribution is 5.87. The van der Waals surface area contributed by atoms with E-state index in [1.165, 1.54) is 6.33 Å². The van der Waals surface area contributed by atoms with Gasteiger partial charge in [-0.05, 0) is 42.5 Å². The minimum absolute atomic E-state index is 0.433. The zero-order chi connectivity index (χ0) is 19.3. The van der Waals surface area contributed by atoms with Crippen molar-refractivity contribution in [2.24, 2.45) is 0 Å². The summed E-state index contributed by atoms with van der Waals surface area (Å²) in [5.41, 5.74) is 0.701. The van der Waals surface area contributed by atoms with E-state index in [2.05, 4.69) is 9.97 Å². The average molecular weight is 374 g/mol. The molecule has 6 heteroatoms. The zero-order valence-electron chi connectivity index (χ0n) is 15.5. The Hall–Kier alpha value is -3.80. The summed E-state index contributed by atoms with van der Waals surface area (Å²) in [6, 6.07) is 20.5. The van der Waals surface area contributed by atoms with Crippen LogP contribution in [0.5, 0.6) is 34.6 Å². The third-order valence-electron chi connectivity index (χ3n) is 4.12. The van der Waals surface area contributed by atoms with E-state index in [-0.39, 0.29) is 0 Å². The predicted octanol–water partition coefficient (Wildman–Crippen LogP) is 5.23. The minimum Gasteiger partial charge on any atom is -0.493 e. The fourth-order valence-electron chi connectivity index (χ4n) is 2.75. The Balaban J connectivity index is 1.59. The first-order chi connectivity index (χ1) is 13.8. The largest absolute Gasteiger partial charge is 0.493 e. The van der Waals surface area contributed by atoms with E-state index in [1.807, 2.05) is 54.6 Å². The lowest BCUT2D eigenvalue weighted by Crippen LogP contribution is -1.95. The molecule has 0 bridgehead atoms. The monoisotopic (exact) mass is 374 g/mol. The first kappa shape index (κ1) is 17.6. The van der Waals surface area contributed by atoms with E-state index in [4.69, 9.17) is 18.9 Å². The lowest BCUT2D eigenvalue weighted by Gasteiger charge is -2.12. The van der Waals surface area contributed by atoms with Gasteiger partial charge in [0.15, 0.2) is 11.5 Å². The molecule has 0 fully saturated rings. The topological polar surface area (TPSA) is 62.7 Å². The summed E-state index contributed by atoms with van der Waals surface area (Å²) < 4.78 is 22.5. The summed E-state index contributed by atoms with van der Waals surface area (Å²) in [4.78, 5) is 8.54. The molecule has 0 aliphatic carbocycles.